The quantitative estimate of drug-likeness (QED) is 0.595. The van der Waals surface area contributed by atoms with Crippen molar-refractivity contribution in [2.45, 2.75) is 26.7 Å². The van der Waals surface area contributed by atoms with Crippen molar-refractivity contribution in [2.24, 2.45) is 5.41 Å². The van der Waals surface area contributed by atoms with E-state index in [1.807, 2.05) is 0 Å². The van der Waals surface area contributed by atoms with E-state index in [0.29, 0.717) is 0 Å². The molecule has 0 aromatic heterocycles. The van der Waals surface area contributed by atoms with Gasteiger partial charge < -0.3 is 13.1 Å². The fourth-order valence-corrected chi connectivity index (χ4v) is 0.946. The molecular formula is C7H14BaO4. The predicted molar refractivity (Wildman–Crippen MR) is 46.3 cm³/mol. The molecule has 0 fully saturated rings. The standard InChI is InChI=1S/C7H12O4.Ba.2H/c1-3-7(4-2,5(8)9)6(10)11;;;/h3-4H2,1-2H3,(H,8,9)(H,10,11);;;/q;+2;2*-1. The molecule has 0 saturated heterocycles. The number of carboxylic acid groups (broad SMARTS) is 2. The molecule has 0 heterocycles. The van der Waals surface area contributed by atoms with Crippen LogP contribution in [-0.2, 0) is 9.59 Å². The number of carboxylic acids is 2. The van der Waals surface area contributed by atoms with Crippen molar-refractivity contribution in [1.29, 1.82) is 0 Å². The van der Waals surface area contributed by atoms with E-state index in [1.54, 1.807) is 13.8 Å². The maximum atomic E-state index is 10.5. The van der Waals surface area contributed by atoms with E-state index in [0.717, 1.165) is 0 Å². The smallest absolute Gasteiger partial charge is 1.00 e. The molecule has 12 heavy (non-hydrogen) atoms. The minimum atomic E-state index is -1.58. The Morgan fingerprint density at radius 1 is 1.17 bits per heavy atom. The molecule has 0 atom stereocenters. The fraction of sp³-hybridized carbons (Fsp3) is 0.714. The molecule has 0 aliphatic heterocycles. The second-order valence-electron chi connectivity index (χ2n) is 2.40. The van der Waals surface area contributed by atoms with Gasteiger partial charge in [0, 0.05) is 0 Å². The van der Waals surface area contributed by atoms with Gasteiger partial charge in [-0.3, -0.25) is 9.59 Å². The summed E-state index contributed by atoms with van der Waals surface area (Å²) in [7, 11) is 0. The second kappa shape index (κ2) is 6.04. The summed E-state index contributed by atoms with van der Waals surface area (Å²) in [5, 5.41) is 17.2. The maximum Gasteiger partial charge on any atom is 2.00 e. The van der Waals surface area contributed by atoms with Crippen molar-refractivity contribution in [1.82, 2.24) is 0 Å². The van der Waals surface area contributed by atoms with E-state index in [-0.39, 0.29) is 64.6 Å². The zero-order valence-electron chi connectivity index (χ0n) is 9.33. The summed E-state index contributed by atoms with van der Waals surface area (Å²) < 4.78 is 0. The van der Waals surface area contributed by atoms with Crippen LogP contribution in [0.3, 0.4) is 0 Å². The Morgan fingerprint density at radius 2 is 1.42 bits per heavy atom. The van der Waals surface area contributed by atoms with Crippen LogP contribution in [0, 0.1) is 5.41 Å². The summed E-state index contributed by atoms with van der Waals surface area (Å²) >= 11 is 0. The van der Waals surface area contributed by atoms with Gasteiger partial charge in [-0.1, -0.05) is 13.8 Å². The third-order valence-electron chi connectivity index (χ3n) is 2.03. The Kier molecular flexibility index (Phi) is 7.55. The van der Waals surface area contributed by atoms with E-state index in [9.17, 15) is 9.59 Å². The average Bonchev–Trinajstić information content (AvgIpc) is 1.90. The number of hydrogen-bond donors (Lipinski definition) is 2. The van der Waals surface area contributed by atoms with Crippen molar-refractivity contribution in [3.05, 3.63) is 0 Å². The summed E-state index contributed by atoms with van der Waals surface area (Å²) in [6.07, 6.45) is 0.238. The number of rotatable bonds is 4. The zero-order valence-corrected chi connectivity index (χ0v) is 11.8. The van der Waals surface area contributed by atoms with Crippen LogP contribution in [0.1, 0.15) is 29.5 Å². The van der Waals surface area contributed by atoms with Crippen LogP contribution in [0.5, 0.6) is 0 Å². The minimum Gasteiger partial charge on any atom is -1.00 e. The summed E-state index contributed by atoms with van der Waals surface area (Å²) in [5.74, 6) is -2.51. The topological polar surface area (TPSA) is 74.6 Å². The van der Waals surface area contributed by atoms with Gasteiger partial charge in [-0.15, -0.1) is 0 Å². The van der Waals surface area contributed by atoms with E-state index >= 15 is 0 Å². The maximum absolute atomic E-state index is 10.5. The molecule has 68 valence electrons. The van der Waals surface area contributed by atoms with Gasteiger partial charge in [0.25, 0.3) is 0 Å². The molecule has 0 spiro atoms. The number of aliphatic carboxylic acids is 2. The Morgan fingerprint density at radius 3 is 1.42 bits per heavy atom. The molecule has 0 rings (SSSR count). The Hall–Kier alpha value is 0.511. The third-order valence-corrected chi connectivity index (χ3v) is 2.03. The summed E-state index contributed by atoms with van der Waals surface area (Å²) in [6, 6.07) is 0. The Bertz CT molecular complexity index is 167. The number of carbonyl (C=O) groups is 2. The Balaban J connectivity index is -0.000000167. The van der Waals surface area contributed by atoms with Crippen molar-refractivity contribution in [2.75, 3.05) is 0 Å². The van der Waals surface area contributed by atoms with Crippen molar-refractivity contribution >= 4 is 60.8 Å². The molecule has 0 aromatic rings. The van der Waals surface area contributed by atoms with Gasteiger partial charge in [0.2, 0.25) is 0 Å². The van der Waals surface area contributed by atoms with Crippen LogP contribution < -0.4 is 0 Å². The molecule has 0 aliphatic rings. The average molecular weight is 300 g/mol. The summed E-state index contributed by atoms with van der Waals surface area (Å²) in [4.78, 5) is 21.1. The second-order valence-corrected chi connectivity index (χ2v) is 2.40. The molecule has 0 aliphatic carbocycles. The molecule has 0 unspecified atom stereocenters. The van der Waals surface area contributed by atoms with Gasteiger partial charge in [-0.05, 0) is 12.8 Å². The largest absolute Gasteiger partial charge is 2.00 e. The molecule has 2 N–H and O–H groups in total. The van der Waals surface area contributed by atoms with Gasteiger partial charge in [-0.25, -0.2) is 0 Å². The van der Waals surface area contributed by atoms with Crippen molar-refractivity contribution in [3.8, 4) is 0 Å². The molecular weight excluding hydrogens is 285 g/mol. The monoisotopic (exact) mass is 300 g/mol. The van der Waals surface area contributed by atoms with Gasteiger partial charge in [0.1, 0.15) is 0 Å². The van der Waals surface area contributed by atoms with Gasteiger partial charge >= 0.3 is 60.8 Å². The summed E-state index contributed by atoms with van der Waals surface area (Å²) in [5.41, 5.74) is -1.58. The van der Waals surface area contributed by atoms with Crippen LogP contribution in [0.4, 0.5) is 0 Å². The molecule has 5 heteroatoms. The van der Waals surface area contributed by atoms with Crippen LogP contribution >= 0.6 is 0 Å². The van der Waals surface area contributed by atoms with Crippen molar-refractivity contribution < 1.29 is 22.7 Å². The van der Waals surface area contributed by atoms with Crippen LogP contribution in [-0.4, -0.2) is 71.0 Å². The first-order valence-electron chi connectivity index (χ1n) is 3.48. The molecule has 0 bridgehead atoms. The molecule has 4 nitrogen and oxygen atoms in total. The summed E-state index contributed by atoms with van der Waals surface area (Å²) in [6.45, 7) is 3.12. The first-order chi connectivity index (χ1) is 5.01. The number of hydrogen-bond acceptors (Lipinski definition) is 2. The van der Waals surface area contributed by atoms with Crippen molar-refractivity contribution in [3.63, 3.8) is 0 Å². The first kappa shape index (κ1) is 15.0. The first-order valence-corrected chi connectivity index (χ1v) is 3.48. The predicted octanol–water partition coefficient (Wildman–Crippen LogP) is 0.806. The normalized spacial score (nSPS) is 10.2. The van der Waals surface area contributed by atoms with E-state index in [4.69, 9.17) is 10.2 Å². The molecule has 0 saturated carbocycles. The van der Waals surface area contributed by atoms with Gasteiger partial charge in [-0.2, -0.15) is 0 Å². The SMILES string of the molecule is CCC(CC)(C(=O)O)C(=O)O.[Ba+2].[H-].[H-]. The molecule has 0 amide bonds. The van der Waals surface area contributed by atoms with E-state index in [1.165, 1.54) is 0 Å². The third kappa shape index (κ3) is 2.78. The Labute approximate surface area is 114 Å². The fourth-order valence-electron chi connectivity index (χ4n) is 0.946. The van der Waals surface area contributed by atoms with E-state index in [2.05, 4.69) is 0 Å². The minimum absolute atomic E-state index is 0. The van der Waals surface area contributed by atoms with Crippen LogP contribution in [0.2, 0.25) is 0 Å². The molecule has 0 aromatic carbocycles. The van der Waals surface area contributed by atoms with Gasteiger partial charge in [0.05, 0.1) is 0 Å². The van der Waals surface area contributed by atoms with Gasteiger partial charge in [0.15, 0.2) is 5.41 Å². The van der Waals surface area contributed by atoms with Crippen LogP contribution in [0.15, 0.2) is 0 Å². The van der Waals surface area contributed by atoms with E-state index < -0.39 is 17.4 Å². The van der Waals surface area contributed by atoms with Crippen LogP contribution in [0.25, 0.3) is 0 Å². The zero-order chi connectivity index (χ0) is 9.07. The molecule has 0 radical (unpaired) electrons.